The third kappa shape index (κ3) is 7.24. The lowest BCUT2D eigenvalue weighted by atomic mass is 9.89. The molecule has 0 radical (unpaired) electrons. The molecular formula is C20H29NO6S. The molecule has 1 heterocycles. The number of hydrogen-bond donors (Lipinski definition) is 1. The van der Waals surface area contributed by atoms with E-state index in [0.29, 0.717) is 37.4 Å². The van der Waals surface area contributed by atoms with Gasteiger partial charge in [0.2, 0.25) is 5.91 Å². The lowest BCUT2D eigenvalue weighted by Crippen LogP contribution is -2.40. The van der Waals surface area contributed by atoms with Gasteiger partial charge in [0.05, 0.1) is 17.4 Å². The number of benzene rings is 1. The summed E-state index contributed by atoms with van der Waals surface area (Å²) in [5.41, 5.74) is 0.666. The minimum Gasteiger partial charge on any atom is -0.481 e. The maximum atomic E-state index is 12.4. The Balaban J connectivity index is 1.83. The first kappa shape index (κ1) is 22.4. The molecule has 0 aliphatic carbocycles. The average Bonchev–Trinajstić information content (AvgIpc) is 2.66. The lowest BCUT2D eigenvalue weighted by molar-refractivity contribution is -0.141. The van der Waals surface area contributed by atoms with Gasteiger partial charge in [-0.05, 0) is 37.2 Å². The summed E-state index contributed by atoms with van der Waals surface area (Å²) in [6.45, 7) is 1.35. The fourth-order valence-electron chi connectivity index (χ4n) is 3.59. The average molecular weight is 412 g/mol. The van der Waals surface area contributed by atoms with Crippen molar-refractivity contribution in [2.45, 2.75) is 31.4 Å². The zero-order valence-corrected chi connectivity index (χ0v) is 17.1. The topological polar surface area (TPSA) is 101 Å². The minimum absolute atomic E-state index is 0.0311. The van der Waals surface area contributed by atoms with Gasteiger partial charge in [0.25, 0.3) is 0 Å². The molecule has 1 aromatic rings. The van der Waals surface area contributed by atoms with Crippen LogP contribution in [0.5, 0.6) is 0 Å². The van der Waals surface area contributed by atoms with Gasteiger partial charge in [-0.25, -0.2) is 8.42 Å². The Hall–Kier alpha value is -1.93. The van der Waals surface area contributed by atoms with Crippen LogP contribution in [-0.2, 0) is 29.9 Å². The molecule has 0 bridgehead atoms. The minimum atomic E-state index is -3.51. The van der Waals surface area contributed by atoms with Gasteiger partial charge < -0.3 is 14.7 Å². The second kappa shape index (κ2) is 10.6. The summed E-state index contributed by atoms with van der Waals surface area (Å²) in [6.07, 6.45) is 2.60. The van der Waals surface area contributed by atoms with Crippen molar-refractivity contribution in [2.24, 2.45) is 11.8 Å². The lowest BCUT2D eigenvalue weighted by Gasteiger charge is -2.32. The maximum absolute atomic E-state index is 12.4. The zero-order valence-electron chi connectivity index (χ0n) is 16.2. The Kier molecular flexibility index (Phi) is 8.44. The summed E-state index contributed by atoms with van der Waals surface area (Å²) in [4.78, 5) is 25.2. The van der Waals surface area contributed by atoms with Crippen LogP contribution in [0.3, 0.4) is 0 Å². The summed E-state index contributed by atoms with van der Waals surface area (Å²) in [5, 5.41) is 9.47. The van der Waals surface area contributed by atoms with Gasteiger partial charge in [0.15, 0.2) is 9.84 Å². The molecule has 8 heteroatoms. The number of nitrogens with zero attached hydrogens (tertiary/aromatic N) is 1. The van der Waals surface area contributed by atoms with E-state index in [4.69, 9.17) is 4.74 Å². The molecule has 2 rings (SSSR count). The van der Waals surface area contributed by atoms with Crippen LogP contribution < -0.4 is 0 Å². The predicted molar refractivity (Wildman–Crippen MR) is 105 cm³/mol. The van der Waals surface area contributed by atoms with Crippen molar-refractivity contribution < 1.29 is 27.9 Å². The van der Waals surface area contributed by atoms with Crippen LogP contribution in [0.25, 0.3) is 0 Å². The zero-order chi connectivity index (χ0) is 20.6. The molecule has 0 unspecified atom stereocenters. The molecular weight excluding hydrogens is 382 g/mol. The van der Waals surface area contributed by atoms with Crippen molar-refractivity contribution in [3.05, 3.63) is 35.9 Å². The largest absolute Gasteiger partial charge is 0.481 e. The highest BCUT2D eigenvalue weighted by molar-refractivity contribution is 7.90. The van der Waals surface area contributed by atoms with E-state index in [-0.39, 0.29) is 24.0 Å². The van der Waals surface area contributed by atoms with Crippen LogP contribution in [0.2, 0.25) is 0 Å². The quantitative estimate of drug-likeness (QED) is 0.632. The molecule has 1 amide bonds. The highest BCUT2D eigenvalue weighted by atomic mass is 32.2. The third-order valence-corrected chi connectivity index (χ3v) is 6.88. The summed E-state index contributed by atoms with van der Waals surface area (Å²) in [7, 11) is -2.02. The molecule has 7 nitrogen and oxygen atoms in total. The number of rotatable bonds is 10. The number of carboxylic acid groups (broad SMARTS) is 1. The van der Waals surface area contributed by atoms with Crippen LogP contribution in [0.1, 0.15) is 31.2 Å². The number of sulfone groups is 1. The predicted octanol–water partition coefficient (Wildman–Crippen LogP) is 1.97. The smallest absolute Gasteiger partial charge is 0.307 e. The van der Waals surface area contributed by atoms with Crippen molar-refractivity contribution >= 4 is 21.7 Å². The van der Waals surface area contributed by atoms with Crippen LogP contribution >= 0.6 is 0 Å². The van der Waals surface area contributed by atoms with Gasteiger partial charge in [0, 0.05) is 20.2 Å². The monoisotopic (exact) mass is 411 g/mol. The summed E-state index contributed by atoms with van der Waals surface area (Å²) >= 11 is 0. The van der Waals surface area contributed by atoms with Crippen molar-refractivity contribution in [1.29, 1.82) is 0 Å². The Labute approximate surface area is 166 Å². The number of ether oxygens (including phenoxy) is 1. The molecule has 1 aliphatic heterocycles. The van der Waals surface area contributed by atoms with Crippen LogP contribution in [-0.4, -0.2) is 62.9 Å². The molecule has 1 aliphatic rings. The second-order valence-electron chi connectivity index (χ2n) is 7.41. The van der Waals surface area contributed by atoms with E-state index < -0.39 is 21.7 Å². The standard InChI is InChI=1S/C20H29NO6S/c1-27-13-19(22)21-11-9-16(10-12-21)7-8-18(20(23)24)15-28(25,26)14-17-5-3-2-4-6-17/h2-6,16,18H,7-15H2,1H3,(H,23,24)/t18-/m0/s1. The van der Waals surface area contributed by atoms with Crippen molar-refractivity contribution in [2.75, 3.05) is 32.6 Å². The maximum Gasteiger partial charge on any atom is 0.307 e. The van der Waals surface area contributed by atoms with E-state index in [1.54, 1.807) is 29.2 Å². The molecule has 1 N–H and O–H groups in total. The van der Waals surface area contributed by atoms with Crippen molar-refractivity contribution in [3.63, 3.8) is 0 Å². The molecule has 0 saturated carbocycles. The van der Waals surface area contributed by atoms with E-state index in [1.807, 2.05) is 6.07 Å². The number of aliphatic carboxylic acids is 1. The van der Waals surface area contributed by atoms with Gasteiger partial charge in [-0.3, -0.25) is 9.59 Å². The number of amides is 1. The highest BCUT2D eigenvalue weighted by Crippen LogP contribution is 2.25. The molecule has 0 aromatic heterocycles. The van der Waals surface area contributed by atoms with E-state index in [0.717, 1.165) is 12.8 Å². The number of carbonyl (C=O) groups is 2. The molecule has 1 saturated heterocycles. The van der Waals surface area contributed by atoms with Crippen molar-refractivity contribution in [3.8, 4) is 0 Å². The molecule has 1 aromatic carbocycles. The number of carbonyl (C=O) groups excluding carboxylic acids is 1. The van der Waals surface area contributed by atoms with E-state index in [1.165, 1.54) is 7.11 Å². The molecule has 0 spiro atoms. The summed E-state index contributed by atoms with van der Waals surface area (Å²) < 4.78 is 29.7. The third-order valence-electron chi connectivity index (χ3n) is 5.19. The van der Waals surface area contributed by atoms with Crippen LogP contribution in [0, 0.1) is 11.8 Å². The number of hydrogen-bond acceptors (Lipinski definition) is 5. The first-order chi connectivity index (χ1) is 13.3. The Morgan fingerprint density at radius 2 is 1.86 bits per heavy atom. The molecule has 1 fully saturated rings. The van der Waals surface area contributed by atoms with Gasteiger partial charge in [0.1, 0.15) is 6.61 Å². The number of carboxylic acids is 1. The Bertz CT molecular complexity index is 741. The van der Waals surface area contributed by atoms with Crippen LogP contribution in [0.4, 0.5) is 0 Å². The first-order valence-corrected chi connectivity index (χ1v) is 11.4. The summed E-state index contributed by atoms with van der Waals surface area (Å²) in [5.74, 6) is -2.17. The van der Waals surface area contributed by atoms with Gasteiger partial charge in [-0.2, -0.15) is 0 Å². The first-order valence-electron chi connectivity index (χ1n) is 9.54. The number of methoxy groups -OCH3 is 1. The number of likely N-dealkylation sites (tertiary alicyclic amines) is 1. The van der Waals surface area contributed by atoms with Crippen molar-refractivity contribution in [1.82, 2.24) is 4.90 Å². The number of piperidine rings is 1. The van der Waals surface area contributed by atoms with E-state index in [9.17, 15) is 23.1 Å². The molecule has 156 valence electrons. The van der Waals surface area contributed by atoms with Gasteiger partial charge in [-0.1, -0.05) is 30.3 Å². The fourth-order valence-corrected chi connectivity index (χ4v) is 5.33. The Morgan fingerprint density at radius 1 is 1.21 bits per heavy atom. The van der Waals surface area contributed by atoms with Gasteiger partial charge >= 0.3 is 5.97 Å². The van der Waals surface area contributed by atoms with Crippen LogP contribution in [0.15, 0.2) is 30.3 Å². The van der Waals surface area contributed by atoms with E-state index >= 15 is 0 Å². The van der Waals surface area contributed by atoms with E-state index in [2.05, 4.69) is 0 Å². The normalized spacial score (nSPS) is 16.7. The molecule has 1 atom stereocenters. The SMILES string of the molecule is COCC(=O)N1CCC(CC[C@@H](CS(=O)(=O)Cc2ccccc2)C(=O)O)CC1. The highest BCUT2D eigenvalue weighted by Gasteiger charge is 2.28. The fraction of sp³-hybridized carbons (Fsp3) is 0.600. The Morgan fingerprint density at radius 3 is 2.43 bits per heavy atom. The van der Waals surface area contributed by atoms with Gasteiger partial charge in [-0.15, -0.1) is 0 Å². The second-order valence-corrected chi connectivity index (χ2v) is 9.52. The summed E-state index contributed by atoms with van der Waals surface area (Å²) in [6, 6.07) is 8.80. The molecule has 28 heavy (non-hydrogen) atoms.